The average Bonchev–Trinajstić information content (AvgIpc) is 2.53. The summed E-state index contributed by atoms with van der Waals surface area (Å²) in [5, 5.41) is 11.7. The quantitative estimate of drug-likeness (QED) is 0.857. The molecule has 0 bridgehead atoms. The van der Waals surface area contributed by atoms with Crippen molar-refractivity contribution in [2.24, 2.45) is 0 Å². The van der Waals surface area contributed by atoms with Crippen LogP contribution in [0.25, 0.3) is 0 Å². The molecule has 2 aromatic carbocycles. The van der Waals surface area contributed by atoms with Gasteiger partial charge in [-0.05, 0) is 62.1 Å². The van der Waals surface area contributed by atoms with E-state index in [1.54, 1.807) is 24.3 Å². The van der Waals surface area contributed by atoms with E-state index in [1.165, 1.54) is 16.7 Å². The van der Waals surface area contributed by atoms with Gasteiger partial charge in [0.25, 0.3) is 5.91 Å². The van der Waals surface area contributed by atoms with Crippen LogP contribution >= 0.6 is 0 Å². The lowest BCUT2D eigenvalue weighted by Crippen LogP contribution is -2.24. The minimum atomic E-state index is -0.0925. The fraction of sp³-hybridized carbons (Fsp3) is 0.263. The normalized spacial score (nSPS) is 10.0. The summed E-state index contributed by atoms with van der Waals surface area (Å²) >= 11 is 0. The van der Waals surface area contributed by atoms with E-state index in [0.717, 1.165) is 12.8 Å². The van der Waals surface area contributed by atoms with Gasteiger partial charge in [-0.2, -0.15) is 5.26 Å². The predicted molar refractivity (Wildman–Crippen MR) is 87.7 cm³/mol. The Morgan fingerprint density at radius 1 is 1.14 bits per heavy atom. The highest BCUT2D eigenvalue weighted by Gasteiger charge is 2.05. The first-order valence-electron chi connectivity index (χ1n) is 7.44. The number of hydrogen-bond donors (Lipinski definition) is 1. The molecule has 1 N–H and O–H groups in total. The molecule has 2 aromatic rings. The number of carbonyl (C=O) groups is 1. The van der Waals surface area contributed by atoms with E-state index < -0.39 is 0 Å². The number of rotatable bonds is 5. The third-order valence-corrected chi connectivity index (χ3v) is 3.68. The lowest BCUT2D eigenvalue weighted by atomic mass is 10.0. The molecule has 22 heavy (non-hydrogen) atoms. The van der Waals surface area contributed by atoms with Crippen LogP contribution in [-0.2, 0) is 6.42 Å². The monoisotopic (exact) mass is 292 g/mol. The van der Waals surface area contributed by atoms with E-state index in [2.05, 4.69) is 37.4 Å². The van der Waals surface area contributed by atoms with Gasteiger partial charge < -0.3 is 5.32 Å². The highest BCUT2D eigenvalue weighted by molar-refractivity contribution is 5.94. The molecule has 0 fully saturated rings. The molecule has 0 radical (unpaired) electrons. The van der Waals surface area contributed by atoms with Gasteiger partial charge >= 0.3 is 0 Å². The van der Waals surface area contributed by atoms with Crippen molar-refractivity contribution in [1.82, 2.24) is 5.32 Å². The van der Waals surface area contributed by atoms with Crippen LogP contribution in [0.3, 0.4) is 0 Å². The lowest BCUT2D eigenvalue weighted by Gasteiger charge is -2.08. The Morgan fingerprint density at radius 3 is 2.50 bits per heavy atom. The van der Waals surface area contributed by atoms with E-state index in [4.69, 9.17) is 5.26 Å². The number of nitriles is 1. The second-order valence-electron chi connectivity index (χ2n) is 5.48. The summed E-state index contributed by atoms with van der Waals surface area (Å²) in [6, 6.07) is 15.2. The van der Waals surface area contributed by atoms with Crippen molar-refractivity contribution in [3.8, 4) is 6.07 Å². The molecular weight excluding hydrogens is 272 g/mol. The van der Waals surface area contributed by atoms with E-state index in [-0.39, 0.29) is 5.91 Å². The Morgan fingerprint density at radius 2 is 1.86 bits per heavy atom. The summed E-state index contributed by atoms with van der Waals surface area (Å²) in [4.78, 5) is 12.0. The van der Waals surface area contributed by atoms with E-state index >= 15 is 0 Å². The SMILES string of the molecule is Cc1ccc(CCCNC(=O)c2ccc(C#N)cc2)c(C)c1. The van der Waals surface area contributed by atoms with Crippen molar-refractivity contribution in [2.75, 3.05) is 6.54 Å². The first-order valence-corrected chi connectivity index (χ1v) is 7.44. The molecular formula is C19H20N2O. The van der Waals surface area contributed by atoms with Gasteiger partial charge in [-0.1, -0.05) is 23.8 Å². The van der Waals surface area contributed by atoms with Crippen LogP contribution < -0.4 is 5.32 Å². The second-order valence-corrected chi connectivity index (χ2v) is 5.48. The molecule has 3 heteroatoms. The zero-order valence-corrected chi connectivity index (χ0v) is 13.0. The molecule has 112 valence electrons. The van der Waals surface area contributed by atoms with Crippen molar-refractivity contribution >= 4 is 5.91 Å². The van der Waals surface area contributed by atoms with Gasteiger partial charge in [-0.15, -0.1) is 0 Å². The van der Waals surface area contributed by atoms with Crippen LogP contribution in [-0.4, -0.2) is 12.5 Å². The van der Waals surface area contributed by atoms with Crippen molar-refractivity contribution in [2.45, 2.75) is 26.7 Å². The fourth-order valence-electron chi connectivity index (χ4n) is 2.41. The largest absolute Gasteiger partial charge is 0.352 e. The second kappa shape index (κ2) is 7.42. The zero-order chi connectivity index (χ0) is 15.9. The Labute approximate surface area is 131 Å². The first kappa shape index (κ1) is 15.8. The maximum Gasteiger partial charge on any atom is 0.251 e. The standard InChI is InChI=1S/C19H20N2O/c1-14-5-8-17(15(2)12-14)4-3-11-21-19(22)18-9-6-16(13-20)7-10-18/h5-10,12H,3-4,11H2,1-2H3,(H,21,22). The summed E-state index contributed by atoms with van der Waals surface area (Å²) < 4.78 is 0. The number of carbonyl (C=O) groups excluding carboxylic acids is 1. The van der Waals surface area contributed by atoms with Crippen LogP contribution in [0.4, 0.5) is 0 Å². The van der Waals surface area contributed by atoms with Crippen LogP contribution in [0, 0.1) is 25.2 Å². The van der Waals surface area contributed by atoms with E-state index in [1.807, 2.05) is 6.07 Å². The van der Waals surface area contributed by atoms with Gasteiger partial charge in [0.1, 0.15) is 0 Å². The molecule has 0 aliphatic rings. The number of nitrogens with zero attached hydrogens (tertiary/aromatic N) is 1. The van der Waals surface area contributed by atoms with Crippen molar-refractivity contribution in [3.63, 3.8) is 0 Å². The number of amides is 1. The average molecular weight is 292 g/mol. The molecule has 1 amide bonds. The minimum absolute atomic E-state index is 0.0925. The molecule has 0 aliphatic heterocycles. The molecule has 3 nitrogen and oxygen atoms in total. The first-order chi connectivity index (χ1) is 10.6. The smallest absolute Gasteiger partial charge is 0.251 e. The van der Waals surface area contributed by atoms with Crippen molar-refractivity contribution < 1.29 is 4.79 Å². The summed E-state index contributed by atoms with van der Waals surface area (Å²) in [6.07, 6.45) is 1.87. The van der Waals surface area contributed by atoms with Crippen LogP contribution in [0.1, 0.15) is 39.0 Å². The van der Waals surface area contributed by atoms with Crippen LogP contribution in [0.2, 0.25) is 0 Å². The van der Waals surface area contributed by atoms with Gasteiger partial charge in [0, 0.05) is 12.1 Å². The summed E-state index contributed by atoms with van der Waals surface area (Å²) in [7, 11) is 0. The molecule has 2 rings (SSSR count). The van der Waals surface area contributed by atoms with Gasteiger partial charge in [0.2, 0.25) is 0 Å². The third kappa shape index (κ3) is 4.20. The Balaban J connectivity index is 1.80. The van der Waals surface area contributed by atoms with Crippen LogP contribution in [0.15, 0.2) is 42.5 Å². The molecule has 0 unspecified atom stereocenters. The topological polar surface area (TPSA) is 52.9 Å². The van der Waals surface area contributed by atoms with E-state index in [9.17, 15) is 4.79 Å². The van der Waals surface area contributed by atoms with Crippen molar-refractivity contribution in [1.29, 1.82) is 5.26 Å². The lowest BCUT2D eigenvalue weighted by molar-refractivity contribution is 0.0953. The molecule has 0 saturated carbocycles. The Hall–Kier alpha value is -2.60. The Bertz CT molecular complexity index is 696. The zero-order valence-electron chi connectivity index (χ0n) is 13.0. The van der Waals surface area contributed by atoms with Gasteiger partial charge in [0.05, 0.1) is 11.6 Å². The number of hydrogen-bond acceptors (Lipinski definition) is 2. The van der Waals surface area contributed by atoms with Crippen molar-refractivity contribution in [3.05, 3.63) is 70.3 Å². The molecule has 0 aliphatic carbocycles. The van der Waals surface area contributed by atoms with Gasteiger partial charge in [0.15, 0.2) is 0 Å². The molecule has 0 aromatic heterocycles. The molecule has 0 atom stereocenters. The summed E-state index contributed by atoms with van der Waals surface area (Å²) in [6.45, 7) is 4.86. The number of benzene rings is 2. The van der Waals surface area contributed by atoms with E-state index in [0.29, 0.717) is 17.7 Å². The van der Waals surface area contributed by atoms with Gasteiger partial charge in [-0.25, -0.2) is 0 Å². The Kier molecular flexibility index (Phi) is 5.32. The maximum atomic E-state index is 12.0. The maximum absolute atomic E-state index is 12.0. The number of aryl methyl sites for hydroxylation is 3. The molecule has 0 saturated heterocycles. The minimum Gasteiger partial charge on any atom is -0.352 e. The number of nitrogens with one attached hydrogen (secondary N) is 1. The summed E-state index contributed by atoms with van der Waals surface area (Å²) in [5.74, 6) is -0.0925. The highest BCUT2D eigenvalue weighted by Crippen LogP contribution is 2.12. The highest BCUT2D eigenvalue weighted by atomic mass is 16.1. The molecule has 0 heterocycles. The third-order valence-electron chi connectivity index (χ3n) is 3.68. The fourth-order valence-corrected chi connectivity index (χ4v) is 2.41. The van der Waals surface area contributed by atoms with Gasteiger partial charge in [-0.3, -0.25) is 4.79 Å². The molecule has 0 spiro atoms. The summed E-state index contributed by atoms with van der Waals surface area (Å²) in [5.41, 5.74) is 5.06. The van der Waals surface area contributed by atoms with Crippen LogP contribution in [0.5, 0.6) is 0 Å². The predicted octanol–water partition coefficient (Wildman–Crippen LogP) is 3.54.